The number of hydrogen-bond acceptors (Lipinski definition) is 5. The molecule has 0 spiro atoms. The Morgan fingerprint density at radius 3 is 2.37 bits per heavy atom. The number of aliphatic carboxylic acids is 1. The van der Waals surface area contributed by atoms with Crippen molar-refractivity contribution in [1.29, 1.82) is 0 Å². The van der Waals surface area contributed by atoms with E-state index in [4.69, 9.17) is 5.11 Å². The van der Waals surface area contributed by atoms with Crippen LogP contribution in [-0.2, 0) is 9.59 Å². The van der Waals surface area contributed by atoms with E-state index in [1.165, 1.54) is 17.1 Å². The van der Waals surface area contributed by atoms with E-state index in [1.54, 1.807) is 12.1 Å². The molecule has 0 fully saturated rings. The second-order valence-electron chi connectivity index (χ2n) is 6.11. The van der Waals surface area contributed by atoms with Gasteiger partial charge < -0.3 is 5.11 Å². The summed E-state index contributed by atoms with van der Waals surface area (Å²) in [6.07, 6.45) is 0.00350. The van der Waals surface area contributed by atoms with E-state index in [0.29, 0.717) is 17.7 Å². The number of carboxylic acids is 1. The van der Waals surface area contributed by atoms with Gasteiger partial charge in [-0.15, -0.1) is 0 Å². The molecular formula is C19H17N3O5. The van der Waals surface area contributed by atoms with Gasteiger partial charge in [-0.3, -0.25) is 19.7 Å². The highest BCUT2D eigenvalue weighted by atomic mass is 16.6. The SMILES string of the molecule is O=C(O)CCC(=O)N1N=C(c2ccccc2)C[C@@H]1c1ccc([N+](=O)[O-])cc1. The number of nitro benzene ring substituents is 1. The van der Waals surface area contributed by atoms with Gasteiger partial charge in [0, 0.05) is 25.0 Å². The first-order valence-electron chi connectivity index (χ1n) is 8.37. The van der Waals surface area contributed by atoms with Crippen molar-refractivity contribution in [3.05, 3.63) is 75.8 Å². The summed E-state index contributed by atoms with van der Waals surface area (Å²) in [6.45, 7) is 0. The van der Waals surface area contributed by atoms with Gasteiger partial charge in [-0.05, 0) is 11.1 Å². The number of rotatable bonds is 6. The molecule has 1 atom stereocenters. The lowest BCUT2D eigenvalue weighted by molar-refractivity contribution is -0.384. The molecule has 8 nitrogen and oxygen atoms in total. The summed E-state index contributed by atoms with van der Waals surface area (Å²) < 4.78 is 0. The van der Waals surface area contributed by atoms with Crippen LogP contribution < -0.4 is 0 Å². The number of nitro groups is 1. The molecular weight excluding hydrogens is 350 g/mol. The zero-order valence-electron chi connectivity index (χ0n) is 14.3. The zero-order chi connectivity index (χ0) is 19.4. The van der Waals surface area contributed by atoms with Crippen molar-refractivity contribution in [3.8, 4) is 0 Å². The van der Waals surface area contributed by atoms with E-state index in [9.17, 15) is 19.7 Å². The van der Waals surface area contributed by atoms with Crippen LogP contribution in [0.1, 0.15) is 36.4 Å². The van der Waals surface area contributed by atoms with Gasteiger partial charge in [-0.25, -0.2) is 5.01 Å². The Morgan fingerprint density at radius 1 is 1.11 bits per heavy atom. The fourth-order valence-electron chi connectivity index (χ4n) is 2.95. The maximum absolute atomic E-state index is 12.5. The lowest BCUT2D eigenvalue weighted by Crippen LogP contribution is -2.27. The number of carbonyl (C=O) groups excluding carboxylic acids is 1. The van der Waals surface area contributed by atoms with E-state index < -0.39 is 22.8 Å². The molecule has 1 aliphatic heterocycles. The topological polar surface area (TPSA) is 113 Å². The molecule has 0 saturated heterocycles. The molecule has 1 heterocycles. The van der Waals surface area contributed by atoms with Crippen molar-refractivity contribution >= 4 is 23.3 Å². The number of amides is 1. The lowest BCUT2D eigenvalue weighted by atomic mass is 9.98. The molecule has 8 heteroatoms. The van der Waals surface area contributed by atoms with Gasteiger partial charge in [0.1, 0.15) is 0 Å². The summed E-state index contributed by atoms with van der Waals surface area (Å²) in [5, 5.41) is 25.4. The number of non-ortho nitro benzene ring substituents is 1. The Morgan fingerprint density at radius 2 is 1.78 bits per heavy atom. The van der Waals surface area contributed by atoms with Crippen LogP contribution in [0, 0.1) is 10.1 Å². The third-order valence-electron chi connectivity index (χ3n) is 4.31. The number of hydrazone groups is 1. The monoisotopic (exact) mass is 367 g/mol. The molecule has 2 aromatic rings. The lowest BCUT2D eigenvalue weighted by Gasteiger charge is -2.21. The van der Waals surface area contributed by atoms with Gasteiger partial charge in [-0.2, -0.15) is 5.10 Å². The number of hydrogen-bond donors (Lipinski definition) is 1. The van der Waals surface area contributed by atoms with Crippen LogP contribution in [0.2, 0.25) is 0 Å². The van der Waals surface area contributed by atoms with Gasteiger partial charge in [0.25, 0.3) is 5.69 Å². The van der Waals surface area contributed by atoms with Crippen molar-refractivity contribution in [2.45, 2.75) is 25.3 Å². The van der Waals surface area contributed by atoms with Crippen LogP contribution in [0.15, 0.2) is 59.7 Å². The molecule has 138 valence electrons. The van der Waals surface area contributed by atoms with E-state index in [1.807, 2.05) is 30.3 Å². The molecule has 27 heavy (non-hydrogen) atoms. The summed E-state index contributed by atoms with van der Waals surface area (Å²) in [7, 11) is 0. The van der Waals surface area contributed by atoms with E-state index in [0.717, 1.165) is 5.56 Å². The van der Waals surface area contributed by atoms with Crippen molar-refractivity contribution in [3.63, 3.8) is 0 Å². The molecule has 2 aromatic carbocycles. The molecule has 0 aromatic heterocycles. The molecule has 0 radical (unpaired) electrons. The fraction of sp³-hybridized carbons (Fsp3) is 0.211. The van der Waals surface area contributed by atoms with Crippen LogP contribution >= 0.6 is 0 Å². The van der Waals surface area contributed by atoms with Gasteiger partial charge >= 0.3 is 5.97 Å². The molecule has 3 rings (SSSR count). The largest absolute Gasteiger partial charge is 0.481 e. The minimum absolute atomic E-state index is 0.0373. The Bertz CT molecular complexity index is 893. The third-order valence-corrected chi connectivity index (χ3v) is 4.31. The van der Waals surface area contributed by atoms with Gasteiger partial charge in [-0.1, -0.05) is 42.5 Å². The quantitative estimate of drug-likeness (QED) is 0.622. The highest BCUT2D eigenvalue weighted by Gasteiger charge is 2.33. The smallest absolute Gasteiger partial charge is 0.303 e. The maximum Gasteiger partial charge on any atom is 0.303 e. The minimum atomic E-state index is -1.05. The van der Waals surface area contributed by atoms with Crippen LogP contribution in [-0.4, -0.2) is 32.6 Å². The first-order chi connectivity index (χ1) is 13.0. The van der Waals surface area contributed by atoms with Gasteiger partial charge in [0.2, 0.25) is 5.91 Å². The van der Waals surface area contributed by atoms with Crippen molar-refractivity contribution in [1.82, 2.24) is 5.01 Å². The molecule has 0 aliphatic carbocycles. The number of carboxylic acid groups (broad SMARTS) is 1. The molecule has 0 saturated carbocycles. The van der Waals surface area contributed by atoms with Gasteiger partial charge in [0.05, 0.1) is 23.1 Å². The number of carbonyl (C=O) groups is 2. The summed E-state index contributed by atoms with van der Waals surface area (Å²) in [5.41, 5.74) is 2.25. The Hall–Kier alpha value is -3.55. The van der Waals surface area contributed by atoms with Crippen molar-refractivity contribution in [2.75, 3.05) is 0 Å². The molecule has 0 unspecified atom stereocenters. The maximum atomic E-state index is 12.5. The highest BCUT2D eigenvalue weighted by molar-refractivity contribution is 6.03. The van der Waals surface area contributed by atoms with Crippen molar-refractivity contribution in [2.24, 2.45) is 5.10 Å². The molecule has 1 aliphatic rings. The average Bonchev–Trinajstić information content (AvgIpc) is 3.12. The Labute approximate surface area is 154 Å². The van der Waals surface area contributed by atoms with E-state index in [-0.39, 0.29) is 18.5 Å². The summed E-state index contributed by atoms with van der Waals surface area (Å²) in [6, 6.07) is 14.9. The van der Waals surface area contributed by atoms with E-state index >= 15 is 0 Å². The third kappa shape index (κ3) is 4.17. The molecule has 0 bridgehead atoms. The van der Waals surface area contributed by atoms with Crippen LogP contribution in [0.3, 0.4) is 0 Å². The summed E-state index contributed by atoms with van der Waals surface area (Å²) in [5.74, 6) is -1.45. The number of benzene rings is 2. The Kier molecular flexibility index (Phi) is 5.25. The number of nitrogens with zero attached hydrogens (tertiary/aromatic N) is 3. The predicted octanol–water partition coefficient (Wildman–Crippen LogP) is 3.14. The minimum Gasteiger partial charge on any atom is -0.481 e. The first kappa shape index (κ1) is 18.2. The standard InChI is InChI=1S/C19H17N3O5/c23-18(10-11-19(24)25)21-17(14-6-8-15(9-7-14)22(26)27)12-16(20-21)13-4-2-1-3-5-13/h1-9,17H,10-12H2,(H,24,25)/t17-/m1/s1. The Balaban J connectivity index is 1.89. The summed E-state index contributed by atoms with van der Waals surface area (Å²) in [4.78, 5) is 33.7. The van der Waals surface area contributed by atoms with Crippen LogP contribution in [0.5, 0.6) is 0 Å². The zero-order valence-corrected chi connectivity index (χ0v) is 14.3. The first-order valence-corrected chi connectivity index (χ1v) is 8.37. The second-order valence-corrected chi connectivity index (χ2v) is 6.11. The van der Waals surface area contributed by atoms with E-state index in [2.05, 4.69) is 5.10 Å². The average molecular weight is 367 g/mol. The van der Waals surface area contributed by atoms with Crippen LogP contribution in [0.25, 0.3) is 0 Å². The van der Waals surface area contributed by atoms with Crippen molar-refractivity contribution < 1.29 is 19.6 Å². The second kappa shape index (κ2) is 7.77. The predicted molar refractivity (Wildman–Crippen MR) is 97.1 cm³/mol. The fourth-order valence-corrected chi connectivity index (χ4v) is 2.95. The summed E-state index contributed by atoms with van der Waals surface area (Å²) >= 11 is 0. The molecule has 1 amide bonds. The van der Waals surface area contributed by atoms with Crippen LogP contribution in [0.4, 0.5) is 5.69 Å². The highest BCUT2D eigenvalue weighted by Crippen LogP contribution is 2.34. The van der Waals surface area contributed by atoms with Gasteiger partial charge in [0.15, 0.2) is 0 Å². The molecule has 1 N–H and O–H groups in total. The normalized spacial score (nSPS) is 16.1.